The van der Waals surface area contributed by atoms with Crippen molar-refractivity contribution in [3.63, 3.8) is 0 Å². The van der Waals surface area contributed by atoms with Gasteiger partial charge in [0.05, 0.1) is 0 Å². The van der Waals surface area contributed by atoms with Crippen LogP contribution in [0.4, 0.5) is 5.69 Å². The highest BCUT2D eigenvalue weighted by molar-refractivity contribution is 5.73. The second kappa shape index (κ2) is 4.56. The fraction of sp³-hybridized carbons (Fsp3) is 0.200. The quantitative estimate of drug-likeness (QED) is 0.634. The number of phenolic OH excluding ortho intramolecular Hbond substituents is 1. The van der Waals surface area contributed by atoms with Crippen molar-refractivity contribution in [2.24, 2.45) is 10.7 Å². The molecule has 0 bridgehead atoms. The normalized spacial score (nSPS) is 12.1. The van der Waals surface area contributed by atoms with Gasteiger partial charge in [-0.1, -0.05) is 6.07 Å². The lowest BCUT2D eigenvalue weighted by Crippen LogP contribution is -2.32. The van der Waals surface area contributed by atoms with Crippen LogP contribution in [0.3, 0.4) is 0 Å². The van der Waals surface area contributed by atoms with Crippen LogP contribution in [0.25, 0.3) is 0 Å². The first kappa shape index (κ1) is 11.2. The molecule has 1 rings (SSSR count). The number of aromatic hydroxyl groups is 1. The number of hydrogen-bond acceptors (Lipinski definition) is 4. The van der Waals surface area contributed by atoms with Gasteiger partial charge in [0.2, 0.25) is 0 Å². The number of benzene rings is 1. The van der Waals surface area contributed by atoms with Gasteiger partial charge >= 0.3 is 5.97 Å². The highest BCUT2D eigenvalue weighted by Crippen LogP contribution is 2.26. The molecule has 1 atom stereocenters. The lowest BCUT2D eigenvalue weighted by Gasteiger charge is -2.07. The Hall–Kier alpha value is -1.88. The van der Waals surface area contributed by atoms with E-state index in [1.54, 1.807) is 12.1 Å². The van der Waals surface area contributed by atoms with Crippen molar-refractivity contribution in [1.82, 2.24) is 0 Å². The average molecular weight is 208 g/mol. The molecule has 0 amide bonds. The van der Waals surface area contributed by atoms with Crippen molar-refractivity contribution < 1.29 is 15.0 Å². The molecule has 0 saturated heterocycles. The summed E-state index contributed by atoms with van der Waals surface area (Å²) in [5.41, 5.74) is 6.39. The summed E-state index contributed by atoms with van der Waals surface area (Å²) in [5, 5.41) is 17.9. The van der Waals surface area contributed by atoms with Gasteiger partial charge in [0.15, 0.2) is 0 Å². The maximum Gasteiger partial charge on any atom is 0.320 e. The Morgan fingerprint density at radius 3 is 2.80 bits per heavy atom. The number of hydrogen-bond donors (Lipinski definition) is 3. The van der Waals surface area contributed by atoms with Crippen molar-refractivity contribution in [1.29, 1.82) is 0 Å². The van der Waals surface area contributed by atoms with Gasteiger partial charge < -0.3 is 15.9 Å². The molecule has 1 aromatic rings. The number of phenols is 1. The first-order valence-electron chi connectivity index (χ1n) is 4.31. The van der Waals surface area contributed by atoms with Gasteiger partial charge in [-0.15, -0.1) is 0 Å². The molecule has 0 heterocycles. The molecule has 0 aliphatic rings. The smallest absolute Gasteiger partial charge is 0.320 e. The van der Waals surface area contributed by atoms with Gasteiger partial charge in [0, 0.05) is 0 Å². The standard InChI is InChI=1S/C10H12N2O3/c1-12-8-5-6(2-3-9(8)13)4-7(11)10(14)15/h2-3,5,7,13H,1,4,11H2,(H,14,15)/t7-/m0/s1. The Morgan fingerprint density at radius 1 is 1.60 bits per heavy atom. The zero-order chi connectivity index (χ0) is 11.4. The summed E-state index contributed by atoms with van der Waals surface area (Å²) in [5.74, 6) is -1.05. The van der Waals surface area contributed by atoms with Gasteiger partial charge in [0.1, 0.15) is 17.5 Å². The summed E-state index contributed by atoms with van der Waals surface area (Å²) in [6, 6.07) is 3.65. The predicted molar refractivity (Wildman–Crippen MR) is 56.6 cm³/mol. The molecule has 15 heavy (non-hydrogen) atoms. The van der Waals surface area contributed by atoms with Crippen LogP contribution in [0, 0.1) is 0 Å². The number of carboxylic acid groups (broad SMARTS) is 1. The fourth-order valence-corrected chi connectivity index (χ4v) is 1.16. The predicted octanol–water partition coefficient (Wildman–Crippen LogP) is 0.679. The SMILES string of the molecule is C=Nc1cc(C[C@H](N)C(=O)O)ccc1O. The molecular formula is C10H12N2O3. The highest BCUT2D eigenvalue weighted by Gasteiger charge is 2.12. The maximum atomic E-state index is 10.5. The van der Waals surface area contributed by atoms with Crippen molar-refractivity contribution in [2.75, 3.05) is 0 Å². The molecule has 80 valence electrons. The minimum absolute atomic E-state index is 0.0117. The molecule has 0 aliphatic carbocycles. The number of carboxylic acids is 1. The summed E-state index contributed by atoms with van der Waals surface area (Å²) in [7, 11) is 0. The Bertz CT molecular complexity index is 390. The van der Waals surface area contributed by atoms with Crippen LogP contribution in [0.1, 0.15) is 5.56 Å². The van der Waals surface area contributed by atoms with E-state index in [-0.39, 0.29) is 12.2 Å². The van der Waals surface area contributed by atoms with Crippen molar-refractivity contribution in [3.8, 4) is 5.75 Å². The zero-order valence-electron chi connectivity index (χ0n) is 8.05. The molecule has 0 aliphatic heterocycles. The van der Waals surface area contributed by atoms with Gasteiger partial charge in [-0.3, -0.25) is 9.79 Å². The van der Waals surface area contributed by atoms with Crippen molar-refractivity contribution in [2.45, 2.75) is 12.5 Å². The highest BCUT2D eigenvalue weighted by atomic mass is 16.4. The monoisotopic (exact) mass is 208 g/mol. The molecule has 0 aromatic heterocycles. The molecule has 0 unspecified atom stereocenters. The molecule has 4 N–H and O–H groups in total. The Labute approximate surface area is 86.9 Å². The molecule has 0 saturated carbocycles. The summed E-state index contributed by atoms with van der Waals surface area (Å²) >= 11 is 0. The van der Waals surface area contributed by atoms with Crippen molar-refractivity contribution in [3.05, 3.63) is 23.8 Å². The van der Waals surface area contributed by atoms with Gasteiger partial charge in [-0.25, -0.2) is 0 Å². The third-order valence-corrected chi connectivity index (χ3v) is 1.98. The zero-order valence-corrected chi connectivity index (χ0v) is 8.05. The summed E-state index contributed by atoms with van der Waals surface area (Å²) in [4.78, 5) is 14.1. The van der Waals surface area contributed by atoms with E-state index in [9.17, 15) is 9.90 Å². The van der Waals surface area contributed by atoms with E-state index in [4.69, 9.17) is 10.8 Å². The Kier molecular flexibility index (Phi) is 3.41. The number of nitrogens with two attached hydrogens (primary N) is 1. The van der Waals surface area contributed by atoms with Crippen LogP contribution < -0.4 is 5.73 Å². The van der Waals surface area contributed by atoms with Crippen LogP contribution in [-0.2, 0) is 11.2 Å². The maximum absolute atomic E-state index is 10.5. The third-order valence-electron chi connectivity index (χ3n) is 1.98. The van der Waals surface area contributed by atoms with Gasteiger partial charge in [-0.05, 0) is 30.8 Å². The van der Waals surface area contributed by atoms with Gasteiger partial charge in [0.25, 0.3) is 0 Å². The lowest BCUT2D eigenvalue weighted by molar-refractivity contribution is -0.138. The average Bonchev–Trinajstić information content (AvgIpc) is 2.20. The van der Waals surface area contributed by atoms with Crippen LogP contribution in [0.15, 0.2) is 23.2 Å². The minimum atomic E-state index is -1.06. The second-order valence-electron chi connectivity index (χ2n) is 3.13. The lowest BCUT2D eigenvalue weighted by atomic mass is 10.1. The minimum Gasteiger partial charge on any atom is -0.506 e. The van der Waals surface area contributed by atoms with E-state index in [1.165, 1.54) is 6.07 Å². The van der Waals surface area contributed by atoms with E-state index >= 15 is 0 Å². The molecule has 5 nitrogen and oxygen atoms in total. The molecule has 0 fully saturated rings. The largest absolute Gasteiger partial charge is 0.506 e. The number of nitrogens with zero attached hydrogens (tertiary/aromatic N) is 1. The summed E-state index contributed by atoms with van der Waals surface area (Å²) in [6.45, 7) is 3.29. The van der Waals surface area contributed by atoms with Crippen LogP contribution in [0.5, 0.6) is 5.75 Å². The van der Waals surface area contributed by atoms with Crippen molar-refractivity contribution >= 4 is 18.4 Å². The van der Waals surface area contributed by atoms with E-state index in [0.717, 1.165) is 0 Å². The number of rotatable bonds is 4. The Balaban J connectivity index is 2.87. The van der Waals surface area contributed by atoms with E-state index < -0.39 is 12.0 Å². The third kappa shape index (κ3) is 2.78. The first-order valence-corrected chi connectivity index (χ1v) is 4.31. The number of carbonyl (C=O) groups is 1. The second-order valence-corrected chi connectivity index (χ2v) is 3.13. The fourth-order valence-electron chi connectivity index (χ4n) is 1.16. The molecule has 0 spiro atoms. The number of aliphatic carboxylic acids is 1. The van der Waals surface area contributed by atoms with E-state index in [0.29, 0.717) is 11.3 Å². The van der Waals surface area contributed by atoms with Crippen LogP contribution in [-0.4, -0.2) is 28.9 Å². The molecule has 5 heteroatoms. The first-order chi connectivity index (χ1) is 7.04. The number of aliphatic imine (C=N–C) groups is 1. The molecule has 1 aromatic carbocycles. The molecular weight excluding hydrogens is 196 g/mol. The van der Waals surface area contributed by atoms with Crippen LogP contribution >= 0.6 is 0 Å². The van der Waals surface area contributed by atoms with Gasteiger partial charge in [-0.2, -0.15) is 0 Å². The van der Waals surface area contributed by atoms with Crippen LogP contribution in [0.2, 0.25) is 0 Å². The van der Waals surface area contributed by atoms with E-state index in [1.807, 2.05) is 0 Å². The Morgan fingerprint density at radius 2 is 2.27 bits per heavy atom. The summed E-state index contributed by atoms with van der Waals surface area (Å²) in [6.07, 6.45) is 0.193. The summed E-state index contributed by atoms with van der Waals surface area (Å²) < 4.78 is 0. The molecule has 0 radical (unpaired) electrons. The topological polar surface area (TPSA) is 95.9 Å². The van der Waals surface area contributed by atoms with E-state index in [2.05, 4.69) is 11.7 Å².